The number of piperidine rings is 1. The van der Waals surface area contributed by atoms with Gasteiger partial charge < -0.3 is 19.7 Å². The lowest BCUT2D eigenvalue weighted by atomic mass is 9.90. The van der Waals surface area contributed by atoms with Gasteiger partial charge >= 0.3 is 6.09 Å². The minimum atomic E-state index is -0.595. The van der Waals surface area contributed by atoms with Crippen LogP contribution in [-0.2, 0) is 4.74 Å². The number of benzene rings is 2. The van der Waals surface area contributed by atoms with Crippen LogP contribution in [-0.4, -0.2) is 44.6 Å². The first kappa shape index (κ1) is 25.4. The van der Waals surface area contributed by atoms with Crippen LogP contribution >= 0.6 is 0 Å². The standard InChI is InChI=1S/C29H30FN5O3/c1-29(2,3)38-28(36)35-13-7-8-20(17-35)19-11-12-25-23(14-19)26(33-18-32-25)34-21-15-24(30)27(31-16-21)37-22-9-5-4-6-10-22/h4-6,9-12,14-16,18,20H,7-8,13,17H2,1-3H3,(H,32,33,34). The molecule has 3 heterocycles. The van der Waals surface area contributed by atoms with Gasteiger partial charge in [-0.3, -0.25) is 0 Å². The zero-order valence-electron chi connectivity index (χ0n) is 21.6. The number of halogens is 1. The summed E-state index contributed by atoms with van der Waals surface area (Å²) in [6.45, 7) is 6.87. The predicted octanol–water partition coefficient (Wildman–Crippen LogP) is 6.81. The average Bonchev–Trinajstić information content (AvgIpc) is 2.90. The molecule has 1 N–H and O–H groups in total. The number of nitrogens with one attached hydrogen (secondary N) is 1. The van der Waals surface area contributed by atoms with E-state index in [1.165, 1.54) is 18.6 Å². The minimum Gasteiger partial charge on any atom is -0.444 e. The van der Waals surface area contributed by atoms with Crippen molar-refractivity contribution >= 4 is 28.5 Å². The zero-order valence-corrected chi connectivity index (χ0v) is 21.6. The molecular weight excluding hydrogens is 485 g/mol. The number of ether oxygens (including phenoxy) is 2. The Morgan fingerprint density at radius 2 is 1.89 bits per heavy atom. The summed E-state index contributed by atoms with van der Waals surface area (Å²) in [5.74, 6) is 0.490. The Labute approximate surface area is 220 Å². The third kappa shape index (κ3) is 5.99. The van der Waals surface area contributed by atoms with Gasteiger partial charge in [0.1, 0.15) is 23.5 Å². The smallest absolute Gasteiger partial charge is 0.410 e. The molecule has 2 aromatic carbocycles. The Balaban J connectivity index is 1.35. The lowest BCUT2D eigenvalue weighted by Crippen LogP contribution is -2.42. The highest BCUT2D eigenvalue weighted by molar-refractivity contribution is 5.91. The highest BCUT2D eigenvalue weighted by Gasteiger charge is 2.28. The number of amides is 1. The molecule has 8 nitrogen and oxygen atoms in total. The SMILES string of the molecule is CC(C)(C)OC(=O)N1CCCC(c2ccc3ncnc(Nc4cnc(Oc5ccccc5)c(F)c4)c3c2)C1. The number of rotatable bonds is 5. The highest BCUT2D eigenvalue weighted by Crippen LogP contribution is 2.32. The van der Waals surface area contributed by atoms with Crippen molar-refractivity contribution in [1.29, 1.82) is 0 Å². The lowest BCUT2D eigenvalue weighted by molar-refractivity contribution is 0.0198. The third-order valence-electron chi connectivity index (χ3n) is 6.23. The molecule has 0 aliphatic carbocycles. The van der Waals surface area contributed by atoms with Gasteiger partial charge in [0.05, 0.1) is 17.4 Å². The van der Waals surface area contributed by atoms with Crippen molar-refractivity contribution in [2.45, 2.75) is 45.1 Å². The Morgan fingerprint density at radius 3 is 2.66 bits per heavy atom. The van der Waals surface area contributed by atoms with Gasteiger partial charge in [-0.25, -0.2) is 24.1 Å². The van der Waals surface area contributed by atoms with Crippen LogP contribution in [0.4, 0.5) is 20.7 Å². The van der Waals surface area contributed by atoms with E-state index in [0.29, 0.717) is 30.3 Å². The zero-order chi connectivity index (χ0) is 26.7. The second-order valence-corrected chi connectivity index (χ2v) is 10.3. The second kappa shape index (κ2) is 10.6. The number of hydrogen-bond acceptors (Lipinski definition) is 7. The summed E-state index contributed by atoms with van der Waals surface area (Å²) < 4.78 is 25.9. The van der Waals surface area contributed by atoms with E-state index in [4.69, 9.17) is 9.47 Å². The fraction of sp³-hybridized carbons (Fsp3) is 0.310. The van der Waals surface area contributed by atoms with Crippen LogP contribution < -0.4 is 10.1 Å². The molecule has 1 fully saturated rings. The molecule has 196 valence electrons. The summed E-state index contributed by atoms with van der Waals surface area (Å²) in [5, 5.41) is 3.96. The van der Waals surface area contributed by atoms with Crippen LogP contribution in [0.15, 0.2) is 67.1 Å². The third-order valence-corrected chi connectivity index (χ3v) is 6.23. The number of fused-ring (bicyclic) bond motifs is 1. The van der Waals surface area contributed by atoms with Crippen molar-refractivity contribution in [3.63, 3.8) is 0 Å². The molecule has 4 aromatic rings. The Bertz CT molecular complexity index is 1440. The number of para-hydroxylation sites is 1. The van der Waals surface area contributed by atoms with E-state index < -0.39 is 11.4 Å². The molecule has 38 heavy (non-hydrogen) atoms. The van der Waals surface area contributed by atoms with E-state index in [2.05, 4.69) is 20.3 Å². The van der Waals surface area contributed by atoms with Gasteiger partial charge in [0.15, 0.2) is 5.82 Å². The fourth-order valence-electron chi connectivity index (χ4n) is 4.48. The maximum Gasteiger partial charge on any atom is 0.410 e. The molecule has 0 radical (unpaired) electrons. The molecule has 0 saturated carbocycles. The Hall–Kier alpha value is -4.27. The van der Waals surface area contributed by atoms with Crippen LogP contribution in [0.1, 0.15) is 45.1 Å². The molecule has 1 amide bonds. The van der Waals surface area contributed by atoms with E-state index in [-0.39, 0.29) is 17.9 Å². The van der Waals surface area contributed by atoms with Crippen LogP contribution in [0.5, 0.6) is 11.6 Å². The number of aromatic nitrogens is 3. The fourth-order valence-corrected chi connectivity index (χ4v) is 4.48. The first-order chi connectivity index (χ1) is 18.2. The number of hydrogen-bond donors (Lipinski definition) is 1. The first-order valence-corrected chi connectivity index (χ1v) is 12.6. The van der Waals surface area contributed by atoms with Crippen molar-refractivity contribution in [2.75, 3.05) is 18.4 Å². The average molecular weight is 516 g/mol. The Morgan fingerprint density at radius 1 is 1.08 bits per heavy atom. The molecule has 1 saturated heterocycles. The monoisotopic (exact) mass is 515 g/mol. The highest BCUT2D eigenvalue weighted by atomic mass is 19.1. The lowest BCUT2D eigenvalue weighted by Gasteiger charge is -2.34. The summed E-state index contributed by atoms with van der Waals surface area (Å²) in [5.41, 5.74) is 1.73. The predicted molar refractivity (Wildman–Crippen MR) is 143 cm³/mol. The van der Waals surface area contributed by atoms with E-state index in [1.54, 1.807) is 29.2 Å². The van der Waals surface area contributed by atoms with Crippen molar-refractivity contribution < 1.29 is 18.7 Å². The summed E-state index contributed by atoms with van der Waals surface area (Å²) in [7, 11) is 0. The number of carbonyl (C=O) groups excluding carboxylic acids is 1. The minimum absolute atomic E-state index is 0.108. The van der Waals surface area contributed by atoms with Crippen molar-refractivity contribution in [2.24, 2.45) is 0 Å². The summed E-state index contributed by atoms with van der Waals surface area (Å²) >= 11 is 0. The van der Waals surface area contributed by atoms with E-state index >= 15 is 0 Å². The van der Waals surface area contributed by atoms with Gasteiger partial charge in [-0.05, 0) is 63.4 Å². The number of pyridine rings is 1. The molecule has 1 aliphatic rings. The van der Waals surface area contributed by atoms with Gasteiger partial charge in [-0.1, -0.05) is 24.3 Å². The molecule has 9 heteroatoms. The largest absolute Gasteiger partial charge is 0.444 e. The topological polar surface area (TPSA) is 89.5 Å². The molecule has 0 bridgehead atoms. The van der Waals surface area contributed by atoms with E-state index in [9.17, 15) is 9.18 Å². The summed E-state index contributed by atoms with van der Waals surface area (Å²) in [6.07, 6.45) is 4.52. The summed E-state index contributed by atoms with van der Waals surface area (Å²) in [4.78, 5) is 27.3. The van der Waals surface area contributed by atoms with Crippen molar-refractivity contribution in [3.05, 3.63) is 78.5 Å². The van der Waals surface area contributed by atoms with Gasteiger partial charge in [0.2, 0.25) is 0 Å². The molecule has 1 aliphatic heterocycles. The molecule has 1 atom stereocenters. The maximum absolute atomic E-state index is 14.8. The molecule has 2 aromatic heterocycles. The number of carbonyl (C=O) groups is 1. The molecule has 5 rings (SSSR count). The number of likely N-dealkylation sites (tertiary alicyclic amines) is 1. The molecule has 0 spiro atoms. The van der Waals surface area contributed by atoms with Crippen LogP contribution in [0.2, 0.25) is 0 Å². The van der Waals surface area contributed by atoms with Crippen LogP contribution in [0.3, 0.4) is 0 Å². The quantitative estimate of drug-likeness (QED) is 0.312. The van der Waals surface area contributed by atoms with Crippen LogP contribution in [0, 0.1) is 5.82 Å². The van der Waals surface area contributed by atoms with Gasteiger partial charge in [0, 0.05) is 30.5 Å². The van der Waals surface area contributed by atoms with Crippen molar-refractivity contribution in [1.82, 2.24) is 19.9 Å². The van der Waals surface area contributed by atoms with Gasteiger partial charge in [-0.2, -0.15) is 0 Å². The van der Waals surface area contributed by atoms with Gasteiger partial charge in [0.25, 0.3) is 5.88 Å². The van der Waals surface area contributed by atoms with Gasteiger partial charge in [-0.15, -0.1) is 0 Å². The number of anilines is 2. The van der Waals surface area contributed by atoms with E-state index in [0.717, 1.165) is 29.3 Å². The Kier molecular flexibility index (Phi) is 7.09. The maximum atomic E-state index is 14.8. The molecule has 1 unspecified atom stereocenters. The first-order valence-electron chi connectivity index (χ1n) is 12.6. The second-order valence-electron chi connectivity index (χ2n) is 10.3. The van der Waals surface area contributed by atoms with Crippen LogP contribution in [0.25, 0.3) is 10.9 Å². The molecular formula is C29H30FN5O3. The number of nitrogens with zero attached hydrogens (tertiary/aromatic N) is 4. The van der Waals surface area contributed by atoms with Crippen molar-refractivity contribution in [3.8, 4) is 11.6 Å². The summed E-state index contributed by atoms with van der Waals surface area (Å²) in [6, 6.07) is 16.3. The van der Waals surface area contributed by atoms with E-state index in [1.807, 2.05) is 45.0 Å². The normalized spacial score (nSPS) is 15.8.